The van der Waals surface area contributed by atoms with Crippen molar-refractivity contribution in [2.24, 2.45) is 0 Å². The average molecular weight is 405 g/mol. The molecule has 1 aliphatic heterocycles. The number of hydrogen-bond donors (Lipinski definition) is 2. The monoisotopic (exact) mass is 404 g/mol. The maximum Gasteiger partial charge on any atom is 0.234 e. The van der Waals surface area contributed by atoms with Crippen molar-refractivity contribution < 1.29 is 18.0 Å². The van der Waals surface area contributed by atoms with Gasteiger partial charge >= 0.3 is 0 Å². The largest absolute Gasteiger partial charge is 0.356 e. The van der Waals surface area contributed by atoms with E-state index in [-0.39, 0.29) is 34.6 Å². The van der Waals surface area contributed by atoms with Crippen molar-refractivity contribution in [3.8, 4) is 0 Å². The van der Waals surface area contributed by atoms with Crippen LogP contribution in [0.3, 0.4) is 0 Å². The van der Waals surface area contributed by atoms with E-state index in [2.05, 4.69) is 10.6 Å². The van der Waals surface area contributed by atoms with Gasteiger partial charge in [0.2, 0.25) is 11.8 Å². The molecule has 0 saturated carbocycles. The fourth-order valence-corrected chi connectivity index (χ4v) is 4.85. The van der Waals surface area contributed by atoms with Crippen molar-refractivity contribution >= 4 is 39.1 Å². The molecule has 2 N–H and O–H groups in total. The molecule has 8 heteroatoms. The standard InChI is InChI=1S/C19H20N2O4S2/c22-18(20-10-8-14-4-2-1-3-5-14)9-11-27(24,25)15-6-7-16-17(12-15)26-13-19(23)21-16/h1-7,12H,8-11,13H2,(H,20,22)(H,21,23). The van der Waals surface area contributed by atoms with Crippen LogP contribution in [-0.2, 0) is 25.8 Å². The van der Waals surface area contributed by atoms with Gasteiger partial charge in [0.15, 0.2) is 9.84 Å². The predicted octanol–water partition coefficient (Wildman–Crippen LogP) is 2.25. The van der Waals surface area contributed by atoms with Gasteiger partial charge in [0.1, 0.15) is 0 Å². The number of thioether (sulfide) groups is 1. The Balaban J connectivity index is 1.52. The molecule has 0 bridgehead atoms. The number of fused-ring (bicyclic) bond motifs is 1. The fraction of sp³-hybridized carbons (Fsp3) is 0.263. The Bertz CT molecular complexity index is 943. The smallest absolute Gasteiger partial charge is 0.234 e. The lowest BCUT2D eigenvalue weighted by molar-refractivity contribution is -0.120. The van der Waals surface area contributed by atoms with E-state index in [1.54, 1.807) is 12.1 Å². The number of carbonyl (C=O) groups is 2. The molecule has 0 spiro atoms. The third-order valence-corrected chi connectivity index (χ3v) is 6.89. The lowest BCUT2D eigenvalue weighted by Crippen LogP contribution is -2.27. The van der Waals surface area contributed by atoms with Crippen molar-refractivity contribution in [2.75, 3.05) is 23.4 Å². The summed E-state index contributed by atoms with van der Waals surface area (Å²) in [7, 11) is -3.57. The maximum absolute atomic E-state index is 12.5. The van der Waals surface area contributed by atoms with Crippen molar-refractivity contribution in [3.05, 3.63) is 54.1 Å². The zero-order chi connectivity index (χ0) is 19.3. The summed E-state index contributed by atoms with van der Waals surface area (Å²) in [5, 5.41) is 5.46. The van der Waals surface area contributed by atoms with Crippen molar-refractivity contribution in [2.45, 2.75) is 22.6 Å². The number of anilines is 1. The molecule has 0 aliphatic carbocycles. The van der Waals surface area contributed by atoms with Gasteiger partial charge in [0.25, 0.3) is 0 Å². The lowest BCUT2D eigenvalue weighted by Gasteiger charge is -2.17. The number of sulfone groups is 1. The van der Waals surface area contributed by atoms with Crippen LogP contribution in [0.4, 0.5) is 5.69 Å². The highest BCUT2D eigenvalue weighted by Gasteiger charge is 2.21. The molecule has 1 aliphatic rings. The number of rotatable bonds is 7. The van der Waals surface area contributed by atoms with E-state index in [0.29, 0.717) is 18.7 Å². The Morgan fingerprint density at radius 1 is 1.15 bits per heavy atom. The van der Waals surface area contributed by atoms with Crippen LogP contribution >= 0.6 is 11.8 Å². The molecule has 2 aromatic carbocycles. The molecule has 3 rings (SSSR count). The number of hydrogen-bond acceptors (Lipinski definition) is 5. The van der Waals surface area contributed by atoms with Crippen LogP contribution in [-0.4, -0.2) is 38.3 Å². The molecule has 0 unspecified atom stereocenters. The van der Waals surface area contributed by atoms with Gasteiger partial charge in [0.05, 0.1) is 22.1 Å². The summed E-state index contributed by atoms with van der Waals surface area (Å²) in [4.78, 5) is 24.2. The Kier molecular flexibility index (Phi) is 6.18. The molecule has 142 valence electrons. The van der Waals surface area contributed by atoms with Crippen LogP contribution in [0, 0.1) is 0 Å². The number of amides is 2. The van der Waals surface area contributed by atoms with E-state index < -0.39 is 9.84 Å². The van der Waals surface area contributed by atoms with Crippen LogP contribution < -0.4 is 10.6 Å². The Hall–Kier alpha value is -2.32. The summed E-state index contributed by atoms with van der Waals surface area (Å²) in [5.41, 5.74) is 1.73. The van der Waals surface area contributed by atoms with E-state index >= 15 is 0 Å². The van der Waals surface area contributed by atoms with E-state index in [4.69, 9.17) is 0 Å². The Morgan fingerprint density at radius 3 is 2.70 bits per heavy atom. The molecule has 0 aromatic heterocycles. The SMILES string of the molecule is O=C(CCS(=O)(=O)c1ccc2c(c1)SCC(=O)N2)NCCc1ccccc1. The molecular weight excluding hydrogens is 384 g/mol. The molecular formula is C19H20N2O4S2. The third-order valence-electron chi connectivity index (χ3n) is 4.12. The second-order valence-electron chi connectivity index (χ2n) is 6.15. The van der Waals surface area contributed by atoms with Crippen LogP contribution in [0.2, 0.25) is 0 Å². The van der Waals surface area contributed by atoms with Gasteiger partial charge in [-0.15, -0.1) is 11.8 Å². The molecule has 0 fully saturated rings. The molecule has 2 amide bonds. The van der Waals surface area contributed by atoms with Gasteiger partial charge < -0.3 is 10.6 Å². The van der Waals surface area contributed by atoms with Gasteiger partial charge in [-0.25, -0.2) is 8.42 Å². The highest BCUT2D eigenvalue weighted by molar-refractivity contribution is 8.00. The maximum atomic E-state index is 12.5. The first-order valence-electron chi connectivity index (χ1n) is 8.54. The van der Waals surface area contributed by atoms with Crippen molar-refractivity contribution in [1.29, 1.82) is 0 Å². The van der Waals surface area contributed by atoms with Crippen LogP contribution in [0.5, 0.6) is 0 Å². The quantitative estimate of drug-likeness (QED) is 0.738. The highest BCUT2D eigenvalue weighted by Crippen LogP contribution is 2.33. The van der Waals surface area contributed by atoms with E-state index in [0.717, 1.165) is 10.5 Å². The van der Waals surface area contributed by atoms with Gasteiger partial charge in [-0.3, -0.25) is 9.59 Å². The highest BCUT2D eigenvalue weighted by atomic mass is 32.2. The van der Waals surface area contributed by atoms with Gasteiger partial charge in [-0.05, 0) is 30.2 Å². The number of benzene rings is 2. The molecule has 0 radical (unpaired) electrons. The molecule has 1 heterocycles. The summed E-state index contributed by atoms with van der Waals surface area (Å²) < 4.78 is 25.0. The zero-order valence-electron chi connectivity index (χ0n) is 14.6. The fourth-order valence-electron chi connectivity index (χ4n) is 2.67. The van der Waals surface area contributed by atoms with E-state index in [9.17, 15) is 18.0 Å². The minimum atomic E-state index is -3.57. The summed E-state index contributed by atoms with van der Waals surface area (Å²) in [6.07, 6.45) is 0.616. The minimum absolute atomic E-state index is 0.0852. The topological polar surface area (TPSA) is 92.3 Å². The second kappa shape index (κ2) is 8.58. The van der Waals surface area contributed by atoms with Crippen LogP contribution in [0.1, 0.15) is 12.0 Å². The zero-order valence-corrected chi connectivity index (χ0v) is 16.2. The average Bonchev–Trinajstić information content (AvgIpc) is 2.67. The van der Waals surface area contributed by atoms with Crippen molar-refractivity contribution in [1.82, 2.24) is 5.32 Å². The molecule has 27 heavy (non-hydrogen) atoms. The molecule has 6 nitrogen and oxygen atoms in total. The molecule has 0 saturated heterocycles. The Morgan fingerprint density at radius 2 is 1.93 bits per heavy atom. The third kappa shape index (κ3) is 5.33. The first-order chi connectivity index (χ1) is 12.9. The predicted molar refractivity (Wildman–Crippen MR) is 106 cm³/mol. The number of nitrogens with one attached hydrogen (secondary N) is 2. The lowest BCUT2D eigenvalue weighted by atomic mass is 10.1. The minimum Gasteiger partial charge on any atom is -0.356 e. The first kappa shape index (κ1) is 19.4. The van der Waals surface area contributed by atoms with Crippen LogP contribution in [0.25, 0.3) is 0 Å². The van der Waals surface area contributed by atoms with E-state index in [1.165, 1.54) is 17.8 Å². The summed E-state index contributed by atoms with van der Waals surface area (Å²) >= 11 is 1.30. The summed E-state index contributed by atoms with van der Waals surface area (Å²) in [5.74, 6) is -0.371. The molecule has 0 atom stereocenters. The van der Waals surface area contributed by atoms with Gasteiger partial charge in [-0.2, -0.15) is 0 Å². The number of carbonyl (C=O) groups excluding carboxylic acids is 2. The van der Waals surface area contributed by atoms with Gasteiger partial charge in [-0.1, -0.05) is 30.3 Å². The van der Waals surface area contributed by atoms with Crippen LogP contribution in [0.15, 0.2) is 58.3 Å². The van der Waals surface area contributed by atoms with E-state index in [1.807, 2.05) is 30.3 Å². The summed E-state index contributed by atoms with van der Waals surface area (Å²) in [6.45, 7) is 0.470. The normalized spacial score (nSPS) is 13.6. The van der Waals surface area contributed by atoms with Gasteiger partial charge in [0, 0.05) is 17.9 Å². The van der Waals surface area contributed by atoms with Crippen molar-refractivity contribution in [3.63, 3.8) is 0 Å². The summed E-state index contributed by atoms with van der Waals surface area (Å²) in [6, 6.07) is 14.4. The Labute approximate surface area is 162 Å². The second-order valence-corrected chi connectivity index (χ2v) is 9.28. The molecule has 2 aromatic rings. The first-order valence-corrected chi connectivity index (χ1v) is 11.2.